The molecule has 2 aromatic rings. The van der Waals surface area contributed by atoms with Gasteiger partial charge in [-0.25, -0.2) is 9.78 Å². The Labute approximate surface area is 189 Å². The van der Waals surface area contributed by atoms with Crippen molar-refractivity contribution in [3.8, 4) is 0 Å². The van der Waals surface area contributed by atoms with Crippen molar-refractivity contribution in [1.82, 2.24) is 25.5 Å². The van der Waals surface area contributed by atoms with E-state index in [9.17, 15) is 4.79 Å². The van der Waals surface area contributed by atoms with Gasteiger partial charge in [0, 0.05) is 36.0 Å². The lowest BCUT2D eigenvalue weighted by molar-refractivity contribution is 0.0492. The van der Waals surface area contributed by atoms with Gasteiger partial charge in [-0.1, -0.05) is 12.8 Å². The number of amides is 1. The van der Waals surface area contributed by atoms with Gasteiger partial charge in [0.25, 0.3) is 0 Å². The minimum atomic E-state index is -0.479. The summed E-state index contributed by atoms with van der Waals surface area (Å²) in [6.07, 6.45) is 10.1. The van der Waals surface area contributed by atoms with E-state index in [2.05, 4.69) is 42.2 Å². The summed E-state index contributed by atoms with van der Waals surface area (Å²) in [7, 11) is 0. The van der Waals surface area contributed by atoms with E-state index in [-0.39, 0.29) is 18.2 Å². The summed E-state index contributed by atoms with van der Waals surface area (Å²) in [6, 6.07) is 4.35. The molecule has 0 radical (unpaired) electrons. The maximum atomic E-state index is 12.0. The first-order chi connectivity index (χ1) is 15.3. The third-order valence-corrected chi connectivity index (χ3v) is 6.09. The number of hydrogen-bond acceptors (Lipinski definition) is 7. The zero-order chi connectivity index (χ0) is 22.6. The van der Waals surface area contributed by atoms with E-state index in [1.807, 2.05) is 26.8 Å². The van der Waals surface area contributed by atoms with Crippen molar-refractivity contribution in [2.24, 2.45) is 0 Å². The van der Waals surface area contributed by atoms with Crippen LogP contribution in [0.1, 0.15) is 83.7 Å². The fraction of sp³-hybridized carbons (Fsp3) is 0.652. The van der Waals surface area contributed by atoms with Gasteiger partial charge in [0.15, 0.2) is 5.82 Å². The van der Waals surface area contributed by atoms with E-state index >= 15 is 0 Å². The SMILES string of the molecule is CC(C)(C)OC(=O)NC1CCC(Nc2nccc(Nc3cc(C4CCCC4)[nH]n3)n2)CC1. The molecule has 2 aromatic heterocycles. The number of hydrogen-bond donors (Lipinski definition) is 4. The van der Waals surface area contributed by atoms with E-state index in [0.717, 1.165) is 31.5 Å². The second-order valence-corrected chi connectivity index (χ2v) is 9.92. The number of aromatic nitrogens is 4. The molecule has 9 heteroatoms. The highest BCUT2D eigenvalue weighted by Gasteiger charge is 2.25. The molecule has 0 aliphatic heterocycles. The molecule has 2 fully saturated rings. The van der Waals surface area contributed by atoms with E-state index in [1.54, 1.807) is 6.20 Å². The topological polar surface area (TPSA) is 117 Å². The van der Waals surface area contributed by atoms with Crippen molar-refractivity contribution >= 4 is 23.7 Å². The Hall–Kier alpha value is -2.84. The van der Waals surface area contributed by atoms with E-state index in [1.165, 1.54) is 31.4 Å². The molecule has 1 amide bonds. The van der Waals surface area contributed by atoms with Crippen LogP contribution in [-0.2, 0) is 4.74 Å². The number of alkyl carbamates (subject to hydrolysis) is 1. The minimum Gasteiger partial charge on any atom is -0.444 e. The molecule has 0 bridgehead atoms. The fourth-order valence-corrected chi connectivity index (χ4v) is 4.51. The zero-order valence-corrected chi connectivity index (χ0v) is 19.3. The molecular formula is C23H35N7O2. The monoisotopic (exact) mass is 441 g/mol. The largest absolute Gasteiger partial charge is 0.444 e. The third kappa shape index (κ3) is 6.34. The molecule has 0 unspecified atom stereocenters. The number of nitrogens with zero attached hydrogens (tertiary/aromatic N) is 3. The fourth-order valence-electron chi connectivity index (χ4n) is 4.51. The number of nitrogens with one attached hydrogen (secondary N) is 4. The van der Waals surface area contributed by atoms with Crippen molar-refractivity contribution in [3.05, 3.63) is 24.0 Å². The summed E-state index contributed by atoms with van der Waals surface area (Å²) in [5.41, 5.74) is 0.724. The van der Waals surface area contributed by atoms with Crippen molar-refractivity contribution in [1.29, 1.82) is 0 Å². The highest BCUT2D eigenvalue weighted by molar-refractivity contribution is 5.68. The van der Waals surface area contributed by atoms with Gasteiger partial charge in [-0.05, 0) is 65.4 Å². The average molecular weight is 442 g/mol. The van der Waals surface area contributed by atoms with E-state index in [4.69, 9.17) is 4.74 Å². The molecule has 4 rings (SSSR count). The molecule has 9 nitrogen and oxygen atoms in total. The summed E-state index contributed by atoms with van der Waals surface area (Å²) in [4.78, 5) is 21.0. The number of rotatable bonds is 6. The standard InChI is InChI=1S/C23H35N7O2/c1-23(2,3)32-22(31)26-17-10-8-16(9-11-17)25-21-24-13-12-19(28-21)27-20-14-18(29-30-20)15-6-4-5-7-15/h12-17H,4-11H2,1-3H3,(H,26,31)(H3,24,25,27,28,29,30). The number of carbonyl (C=O) groups excluding carboxylic acids is 1. The normalized spacial score (nSPS) is 21.8. The van der Waals surface area contributed by atoms with E-state index < -0.39 is 5.60 Å². The van der Waals surface area contributed by atoms with Crippen molar-refractivity contribution in [3.63, 3.8) is 0 Å². The van der Waals surface area contributed by atoms with Gasteiger partial charge >= 0.3 is 6.09 Å². The quantitative estimate of drug-likeness (QED) is 0.506. The van der Waals surface area contributed by atoms with Crippen LogP contribution in [0.2, 0.25) is 0 Å². The Bertz CT molecular complexity index is 894. The van der Waals surface area contributed by atoms with Gasteiger partial charge in [-0.2, -0.15) is 10.1 Å². The second-order valence-electron chi connectivity index (χ2n) is 9.92. The number of carbonyl (C=O) groups is 1. The Morgan fingerprint density at radius 3 is 2.50 bits per heavy atom. The van der Waals surface area contributed by atoms with Gasteiger partial charge in [-0.15, -0.1) is 0 Å². The van der Waals surface area contributed by atoms with Gasteiger partial charge in [0.05, 0.1) is 0 Å². The molecular weight excluding hydrogens is 406 g/mol. The van der Waals surface area contributed by atoms with Crippen LogP contribution >= 0.6 is 0 Å². The Morgan fingerprint density at radius 2 is 1.78 bits per heavy atom. The molecule has 0 spiro atoms. The van der Waals surface area contributed by atoms with Gasteiger partial charge < -0.3 is 20.7 Å². The summed E-state index contributed by atoms with van der Waals surface area (Å²) in [5, 5.41) is 17.3. The first-order valence-corrected chi connectivity index (χ1v) is 11.8. The van der Waals surface area contributed by atoms with Gasteiger partial charge in [0.2, 0.25) is 5.95 Å². The number of anilines is 3. The predicted molar refractivity (Wildman–Crippen MR) is 124 cm³/mol. The summed E-state index contributed by atoms with van der Waals surface area (Å²) in [5.74, 6) is 2.70. The summed E-state index contributed by atoms with van der Waals surface area (Å²) < 4.78 is 5.36. The maximum absolute atomic E-state index is 12.0. The Morgan fingerprint density at radius 1 is 1.06 bits per heavy atom. The Kier molecular flexibility index (Phi) is 6.81. The van der Waals surface area contributed by atoms with Crippen molar-refractivity contribution < 1.29 is 9.53 Å². The second kappa shape index (κ2) is 9.75. The predicted octanol–water partition coefficient (Wildman–Crippen LogP) is 4.85. The Balaban J connectivity index is 1.25. The summed E-state index contributed by atoms with van der Waals surface area (Å²) in [6.45, 7) is 5.62. The molecule has 174 valence electrons. The molecule has 2 aliphatic carbocycles. The van der Waals surface area contributed by atoms with Crippen LogP contribution in [0.3, 0.4) is 0 Å². The number of aromatic amines is 1. The van der Waals surface area contributed by atoms with Crippen LogP contribution in [0.4, 0.5) is 22.4 Å². The smallest absolute Gasteiger partial charge is 0.407 e. The lowest BCUT2D eigenvalue weighted by Gasteiger charge is -2.30. The van der Waals surface area contributed by atoms with Crippen LogP contribution < -0.4 is 16.0 Å². The highest BCUT2D eigenvalue weighted by atomic mass is 16.6. The van der Waals surface area contributed by atoms with Crippen LogP contribution in [-0.4, -0.2) is 43.9 Å². The lowest BCUT2D eigenvalue weighted by atomic mass is 9.91. The third-order valence-electron chi connectivity index (χ3n) is 6.09. The highest BCUT2D eigenvalue weighted by Crippen LogP contribution is 2.34. The average Bonchev–Trinajstić information content (AvgIpc) is 3.40. The summed E-state index contributed by atoms with van der Waals surface area (Å²) >= 11 is 0. The van der Waals surface area contributed by atoms with Crippen LogP contribution in [0, 0.1) is 0 Å². The van der Waals surface area contributed by atoms with Crippen molar-refractivity contribution in [2.75, 3.05) is 10.6 Å². The molecule has 0 atom stereocenters. The van der Waals surface area contributed by atoms with Gasteiger partial charge in [0.1, 0.15) is 11.4 Å². The molecule has 0 saturated heterocycles. The van der Waals surface area contributed by atoms with E-state index in [0.29, 0.717) is 17.7 Å². The minimum absolute atomic E-state index is 0.144. The molecule has 32 heavy (non-hydrogen) atoms. The van der Waals surface area contributed by atoms with Crippen molar-refractivity contribution in [2.45, 2.75) is 95.7 Å². The number of H-pyrrole nitrogens is 1. The van der Waals surface area contributed by atoms with Crippen LogP contribution in [0.15, 0.2) is 18.3 Å². The lowest BCUT2D eigenvalue weighted by Crippen LogP contribution is -2.42. The van der Waals surface area contributed by atoms with Crippen LogP contribution in [0.25, 0.3) is 0 Å². The first-order valence-electron chi connectivity index (χ1n) is 11.8. The van der Waals surface area contributed by atoms with Gasteiger partial charge in [-0.3, -0.25) is 5.10 Å². The maximum Gasteiger partial charge on any atom is 0.407 e. The zero-order valence-electron chi connectivity index (χ0n) is 19.3. The molecule has 4 N–H and O–H groups in total. The first kappa shape index (κ1) is 22.4. The number of ether oxygens (including phenoxy) is 1. The molecule has 2 aliphatic rings. The molecule has 0 aromatic carbocycles. The molecule has 2 saturated carbocycles. The van der Waals surface area contributed by atoms with Crippen LogP contribution in [0.5, 0.6) is 0 Å². The molecule has 2 heterocycles.